The fourth-order valence-electron chi connectivity index (χ4n) is 6.46. The molecule has 3 saturated heterocycles. The molecule has 0 bridgehead atoms. The number of fused-ring (bicyclic) bond motifs is 1. The van der Waals surface area contributed by atoms with Crippen LogP contribution in [0.25, 0.3) is 0 Å². The molecule has 2 aromatic rings. The van der Waals surface area contributed by atoms with Gasteiger partial charge in [0.25, 0.3) is 5.91 Å². The Hall–Kier alpha value is -2.17. The molecule has 0 N–H and O–H groups in total. The van der Waals surface area contributed by atoms with Gasteiger partial charge in [-0.3, -0.25) is 9.69 Å². The fourth-order valence-corrected chi connectivity index (χ4v) is 6.46. The van der Waals surface area contributed by atoms with E-state index in [-0.39, 0.29) is 16.7 Å². The highest BCUT2D eigenvalue weighted by Crippen LogP contribution is 2.57. The molecule has 164 valence electrons. The maximum atomic E-state index is 13.2. The third kappa shape index (κ3) is 3.81. The summed E-state index contributed by atoms with van der Waals surface area (Å²) in [4.78, 5) is 17.9. The van der Waals surface area contributed by atoms with Crippen molar-refractivity contribution in [2.45, 2.75) is 39.7 Å². The third-order valence-corrected chi connectivity index (χ3v) is 8.01. The minimum atomic E-state index is 0.192. The van der Waals surface area contributed by atoms with Gasteiger partial charge in [-0.1, -0.05) is 47.5 Å². The zero-order valence-corrected chi connectivity index (χ0v) is 18.9. The van der Waals surface area contributed by atoms with Crippen LogP contribution in [0.3, 0.4) is 0 Å². The highest BCUT2D eigenvalue weighted by atomic mass is 16.5. The first-order valence-electron chi connectivity index (χ1n) is 11.7. The fraction of sp³-hybridized carbons (Fsp3) is 0.519. The average molecular weight is 419 g/mol. The Kier molecular flexibility index (Phi) is 5.39. The Bertz CT molecular complexity index is 921. The number of benzene rings is 2. The van der Waals surface area contributed by atoms with Crippen molar-refractivity contribution in [3.8, 4) is 0 Å². The van der Waals surface area contributed by atoms with E-state index in [2.05, 4.69) is 60.0 Å². The van der Waals surface area contributed by atoms with E-state index in [0.717, 1.165) is 81.9 Å². The lowest BCUT2D eigenvalue weighted by atomic mass is 9.60. The lowest BCUT2D eigenvalue weighted by molar-refractivity contribution is 0.00835. The Morgan fingerprint density at radius 1 is 0.935 bits per heavy atom. The molecule has 2 aromatic carbocycles. The normalized spacial score (nSPS) is 25.5. The number of carbonyl (C=O) groups excluding carboxylic acids is 1. The van der Waals surface area contributed by atoms with Crippen LogP contribution in [0.15, 0.2) is 48.5 Å². The third-order valence-electron chi connectivity index (χ3n) is 8.01. The van der Waals surface area contributed by atoms with Crippen molar-refractivity contribution >= 4 is 5.91 Å². The van der Waals surface area contributed by atoms with Crippen molar-refractivity contribution in [1.82, 2.24) is 9.80 Å². The molecule has 4 nitrogen and oxygen atoms in total. The Morgan fingerprint density at radius 2 is 1.61 bits per heavy atom. The van der Waals surface area contributed by atoms with Crippen LogP contribution in [0.1, 0.15) is 46.3 Å². The molecule has 0 saturated carbocycles. The van der Waals surface area contributed by atoms with Crippen molar-refractivity contribution in [3.63, 3.8) is 0 Å². The van der Waals surface area contributed by atoms with Gasteiger partial charge in [-0.05, 0) is 56.2 Å². The number of carbonyl (C=O) groups is 1. The second-order valence-electron chi connectivity index (χ2n) is 10.2. The first-order chi connectivity index (χ1) is 15.0. The van der Waals surface area contributed by atoms with Gasteiger partial charge >= 0.3 is 0 Å². The monoisotopic (exact) mass is 418 g/mol. The van der Waals surface area contributed by atoms with E-state index in [9.17, 15) is 4.79 Å². The van der Waals surface area contributed by atoms with E-state index in [4.69, 9.17) is 4.74 Å². The van der Waals surface area contributed by atoms with Crippen LogP contribution in [-0.2, 0) is 11.3 Å². The van der Waals surface area contributed by atoms with Crippen molar-refractivity contribution < 1.29 is 9.53 Å². The van der Waals surface area contributed by atoms with E-state index >= 15 is 0 Å². The largest absolute Gasteiger partial charge is 0.381 e. The molecule has 3 aliphatic heterocycles. The number of ether oxygens (including phenoxy) is 1. The summed E-state index contributed by atoms with van der Waals surface area (Å²) >= 11 is 0. The summed E-state index contributed by atoms with van der Waals surface area (Å²) in [6.45, 7) is 10.9. The van der Waals surface area contributed by atoms with Gasteiger partial charge in [-0.15, -0.1) is 0 Å². The van der Waals surface area contributed by atoms with Crippen LogP contribution >= 0.6 is 0 Å². The summed E-state index contributed by atoms with van der Waals surface area (Å²) < 4.78 is 5.97. The summed E-state index contributed by atoms with van der Waals surface area (Å²) in [5, 5.41) is 0. The van der Waals surface area contributed by atoms with Crippen molar-refractivity contribution in [1.29, 1.82) is 0 Å². The number of aryl methyl sites for hydroxylation is 2. The first kappa shape index (κ1) is 20.7. The van der Waals surface area contributed by atoms with E-state index in [0.29, 0.717) is 0 Å². The van der Waals surface area contributed by atoms with Crippen molar-refractivity contribution in [2.24, 2.45) is 10.8 Å². The van der Waals surface area contributed by atoms with E-state index in [1.54, 1.807) is 0 Å². The zero-order chi connectivity index (χ0) is 21.5. The quantitative estimate of drug-likeness (QED) is 0.738. The highest BCUT2D eigenvalue weighted by molar-refractivity contribution is 5.94. The molecule has 0 radical (unpaired) electrons. The van der Waals surface area contributed by atoms with Gasteiger partial charge in [0.1, 0.15) is 0 Å². The van der Waals surface area contributed by atoms with Crippen molar-refractivity contribution in [2.75, 3.05) is 39.4 Å². The molecule has 3 fully saturated rings. The van der Waals surface area contributed by atoms with E-state index in [1.807, 2.05) is 12.1 Å². The van der Waals surface area contributed by atoms with Gasteiger partial charge < -0.3 is 9.64 Å². The average Bonchev–Trinajstić information content (AvgIpc) is 3.34. The second-order valence-corrected chi connectivity index (χ2v) is 10.2. The summed E-state index contributed by atoms with van der Waals surface area (Å²) in [5.41, 5.74) is 5.05. The first-order valence-corrected chi connectivity index (χ1v) is 11.7. The number of nitrogens with zero attached hydrogens (tertiary/aromatic N) is 2. The molecule has 1 atom stereocenters. The number of hydrogen-bond donors (Lipinski definition) is 0. The SMILES string of the molecule is Cc1cc(C)cc(C(=O)N2CCC3(CC2)CN(Cc2ccccc2)CC32CCOC2)c1. The van der Waals surface area contributed by atoms with Crippen LogP contribution in [-0.4, -0.2) is 55.1 Å². The number of likely N-dealkylation sites (tertiary alicyclic amines) is 2. The maximum absolute atomic E-state index is 13.2. The Balaban J connectivity index is 1.32. The molecule has 0 aliphatic carbocycles. The lowest BCUT2D eigenvalue weighted by Gasteiger charge is -2.47. The molecule has 1 unspecified atom stereocenters. The second kappa shape index (κ2) is 8.07. The molecule has 31 heavy (non-hydrogen) atoms. The molecular weight excluding hydrogens is 384 g/mol. The summed E-state index contributed by atoms with van der Waals surface area (Å²) in [6, 6.07) is 17.0. The molecule has 0 aromatic heterocycles. The molecule has 4 heteroatoms. The summed E-state index contributed by atoms with van der Waals surface area (Å²) in [5.74, 6) is 0.192. The summed E-state index contributed by atoms with van der Waals surface area (Å²) in [7, 11) is 0. The predicted octanol–water partition coefficient (Wildman–Crippen LogP) is 4.45. The molecule has 1 amide bonds. The van der Waals surface area contributed by atoms with Gasteiger partial charge in [0.05, 0.1) is 6.61 Å². The van der Waals surface area contributed by atoms with E-state index in [1.165, 1.54) is 5.56 Å². The standard InChI is InChI=1S/C27H34N2O2/c1-21-14-22(2)16-24(15-21)25(30)29-11-8-26(9-12-29)18-28(17-23-6-4-3-5-7-23)19-27(26)10-13-31-20-27/h3-7,14-16H,8-13,17-20H2,1-2H3. The maximum Gasteiger partial charge on any atom is 0.253 e. The Labute approximate surface area is 186 Å². The molecule has 5 rings (SSSR count). The number of rotatable bonds is 3. The molecule has 3 aliphatic rings. The van der Waals surface area contributed by atoms with Crippen LogP contribution in [0.4, 0.5) is 0 Å². The summed E-state index contributed by atoms with van der Waals surface area (Å²) in [6.07, 6.45) is 3.32. The number of hydrogen-bond acceptors (Lipinski definition) is 3. The number of piperidine rings is 1. The van der Waals surface area contributed by atoms with Crippen LogP contribution in [0.5, 0.6) is 0 Å². The topological polar surface area (TPSA) is 32.8 Å². The molecular formula is C27H34N2O2. The van der Waals surface area contributed by atoms with Gasteiger partial charge in [0, 0.05) is 50.3 Å². The predicted molar refractivity (Wildman–Crippen MR) is 123 cm³/mol. The smallest absolute Gasteiger partial charge is 0.253 e. The van der Waals surface area contributed by atoms with Gasteiger partial charge in [-0.2, -0.15) is 0 Å². The van der Waals surface area contributed by atoms with Crippen LogP contribution in [0.2, 0.25) is 0 Å². The van der Waals surface area contributed by atoms with Gasteiger partial charge in [-0.25, -0.2) is 0 Å². The van der Waals surface area contributed by atoms with Gasteiger partial charge in [0.2, 0.25) is 0 Å². The Morgan fingerprint density at radius 3 is 2.26 bits per heavy atom. The highest BCUT2D eigenvalue weighted by Gasteiger charge is 2.59. The van der Waals surface area contributed by atoms with Crippen LogP contribution < -0.4 is 0 Å². The lowest BCUT2D eigenvalue weighted by Crippen LogP contribution is -2.51. The minimum absolute atomic E-state index is 0.192. The minimum Gasteiger partial charge on any atom is -0.381 e. The van der Waals surface area contributed by atoms with Crippen molar-refractivity contribution in [3.05, 3.63) is 70.8 Å². The van der Waals surface area contributed by atoms with Gasteiger partial charge in [0.15, 0.2) is 0 Å². The molecule has 3 heterocycles. The van der Waals surface area contributed by atoms with Crippen LogP contribution in [0, 0.1) is 24.7 Å². The number of amides is 1. The van der Waals surface area contributed by atoms with E-state index < -0.39 is 0 Å². The zero-order valence-electron chi connectivity index (χ0n) is 18.9. The molecule has 2 spiro atoms.